The molecule has 0 heterocycles. The van der Waals surface area contributed by atoms with Crippen molar-refractivity contribution in [2.45, 2.75) is 24.4 Å². The van der Waals surface area contributed by atoms with Gasteiger partial charge in [0.25, 0.3) is 0 Å². The van der Waals surface area contributed by atoms with E-state index in [-0.39, 0.29) is 28.5 Å². The smallest absolute Gasteiger partial charge is 0.479 e. The molecule has 0 amide bonds. The Morgan fingerprint density at radius 3 is 1.73 bits per heavy atom. The van der Waals surface area contributed by atoms with Crippen molar-refractivity contribution in [1.82, 2.24) is 0 Å². The quantitative estimate of drug-likeness (QED) is 0.261. The van der Waals surface area contributed by atoms with Gasteiger partial charge in [0.1, 0.15) is 18.3 Å². The second-order valence-corrected chi connectivity index (χ2v) is 2.51. The molecule has 0 aromatic carbocycles. The Bertz CT molecular complexity index is 177. The van der Waals surface area contributed by atoms with E-state index in [0.29, 0.717) is 0 Å². The number of carboxylic acids is 1. The van der Waals surface area contributed by atoms with Crippen molar-refractivity contribution in [3.8, 4) is 0 Å². The average Bonchev–Trinajstić information content (AvgIpc) is 2.12. The molecule has 0 radical (unpaired) electrons. The van der Waals surface area contributed by atoms with E-state index in [2.05, 4.69) is 0 Å². The van der Waals surface area contributed by atoms with Crippen molar-refractivity contribution in [3.63, 3.8) is 0 Å². The first-order valence-electron chi connectivity index (χ1n) is 3.47. The SMILES string of the molecule is O.O=C(O)C(O)C(O)C(O)C(O)CO.[Mg+2]. The second-order valence-electron chi connectivity index (χ2n) is 2.51. The molecule has 8 nitrogen and oxygen atoms in total. The molecule has 0 saturated carbocycles. The Morgan fingerprint density at radius 2 is 1.47 bits per heavy atom. The summed E-state index contributed by atoms with van der Waals surface area (Å²) < 4.78 is 0. The number of rotatable bonds is 5. The standard InChI is InChI=1S/C6H12O7.Mg.H2O/c7-1-2(8)3(9)4(10)5(11)6(12)13;;/h2-5,7-11H,1H2,(H,12,13);;1H2/q;+2;. The van der Waals surface area contributed by atoms with E-state index in [4.69, 9.17) is 30.6 Å². The summed E-state index contributed by atoms with van der Waals surface area (Å²) >= 11 is 0. The Hall–Kier alpha value is -0.00377. The largest absolute Gasteiger partial charge is 2.00 e. The van der Waals surface area contributed by atoms with Gasteiger partial charge < -0.3 is 36.1 Å². The summed E-state index contributed by atoms with van der Waals surface area (Å²) in [6.07, 6.45) is -7.84. The fourth-order valence-electron chi connectivity index (χ4n) is 0.668. The number of aliphatic hydroxyl groups is 5. The van der Waals surface area contributed by atoms with Crippen LogP contribution in [0.5, 0.6) is 0 Å². The normalized spacial score (nSPS) is 17.7. The van der Waals surface area contributed by atoms with Crippen molar-refractivity contribution in [2.75, 3.05) is 6.61 Å². The van der Waals surface area contributed by atoms with Crippen molar-refractivity contribution < 1.29 is 40.9 Å². The number of aliphatic hydroxyl groups excluding tert-OH is 5. The van der Waals surface area contributed by atoms with Crippen LogP contribution in [0.1, 0.15) is 0 Å². The van der Waals surface area contributed by atoms with Crippen molar-refractivity contribution in [3.05, 3.63) is 0 Å². The first-order chi connectivity index (χ1) is 5.91. The minimum atomic E-state index is -2.20. The third-order valence-corrected chi connectivity index (χ3v) is 1.51. The summed E-state index contributed by atoms with van der Waals surface area (Å²) in [6, 6.07) is 0. The summed E-state index contributed by atoms with van der Waals surface area (Å²) in [5, 5.41) is 51.8. The van der Waals surface area contributed by atoms with Gasteiger partial charge in [0, 0.05) is 0 Å². The maximum atomic E-state index is 10.1. The Morgan fingerprint density at radius 1 is 1.07 bits per heavy atom. The van der Waals surface area contributed by atoms with Gasteiger partial charge in [-0.1, -0.05) is 0 Å². The Labute approximate surface area is 101 Å². The van der Waals surface area contributed by atoms with Gasteiger partial charge in [-0.25, -0.2) is 4.79 Å². The summed E-state index contributed by atoms with van der Waals surface area (Å²) in [5.74, 6) is -1.73. The van der Waals surface area contributed by atoms with E-state index in [1.807, 2.05) is 0 Å². The monoisotopic (exact) mass is 238 g/mol. The molecule has 4 atom stereocenters. The number of carbonyl (C=O) groups is 1. The molecular formula is C6H14MgO8+2. The maximum absolute atomic E-state index is 10.1. The molecule has 15 heavy (non-hydrogen) atoms. The number of aliphatic carboxylic acids is 1. The Kier molecular flexibility index (Phi) is 12.6. The second kappa shape index (κ2) is 9.24. The molecule has 4 unspecified atom stereocenters. The van der Waals surface area contributed by atoms with Crippen LogP contribution < -0.4 is 0 Å². The third kappa shape index (κ3) is 6.22. The van der Waals surface area contributed by atoms with E-state index >= 15 is 0 Å². The van der Waals surface area contributed by atoms with Crippen LogP contribution in [0.2, 0.25) is 0 Å². The summed E-state index contributed by atoms with van der Waals surface area (Å²) in [6.45, 7) is -0.843. The zero-order valence-electron chi connectivity index (χ0n) is 7.82. The zero-order valence-corrected chi connectivity index (χ0v) is 9.23. The first-order valence-corrected chi connectivity index (χ1v) is 3.47. The van der Waals surface area contributed by atoms with E-state index in [9.17, 15) is 4.79 Å². The molecule has 9 heteroatoms. The van der Waals surface area contributed by atoms with E-state index in [1.54, 1.807) is 0 Å². The van der Waals surface area contributed by atoms with Gasteiger partial charge in [-0.2, -0.15) is 0 Å². The first kappa shape index (κ1) is 20.4. The van der Waals surface area contributed by atoms with E-state index < -0.39 is 37.0 Å². The molecule has 0 bridgehead atoms. The van der Waals surface area contributed by atoms with Crippen LogP contribution >= 0.6 is 0 Å². The Balaban J connectivity index is -0.000000720. The van der Waals surface area contributed by atoms with Gasteiger partial charge in [0.15, 0.2) is 6.10 Å². The molecule has 0 saturated heterocycles. The molecule has 0 aliphatic rings. The van der Waals surface area contributed by atoms with Gasteiger partial charge in [-0.05, 0) is 0 Å². The third-order valence-electron chi connectivity index (χ3n) is 1.51. The molecule has 0 aromatic heterocycles. The maximum Gasteiger partial charge on any atom is 2.00 e. The van der Waals surface area contributed by atoms with Crippen LogP contribution in [0.3, 0.4) is 0 Å². The van der Waals surface area contributed by atoms with Crippen molar-refractivity contribution in [1.29, 1.82) is 0 Å². The molecule has 0 spiro atoms. The van der Waals surface area contributed by atoms with Crippen molar-refractivity contribution in [2.24, 2.45) is 0 Å². The van der Waals surface area contributed by atoms with E-state index in [0.717, 1.165) is 0 Å². The van der Waals surface area contributed by atoms with Crippen LogP contribution in [0.15, 0.2) is 0 Å². The number of carboxylic acid groups (broad SMARTS) is 1. The molecule has 0 fully saturated rings. The molecule has 8 N–H and O–H groups in total. The van der Waals surface area contributed by atoms with Crippen LogP contribution in [0.25, 0.3) is 0 Å². The summed E-state index contributed by atoms with van der Waals surface area (Å²) in [5.41, 5.74) is 0. The predicted molar refractivity (Wildman–Crippen MR) is 48.1 cm³/mol. The van der Waals surface area contributed by atoms with Gasteiger partial charge in [0.2, 0.25) is 0 Å². The average molecular weight is 238 g/mol. The van der Waals surface area contributed by atoms with Crippen LogP contribution in [0.4, 0.5) is 0 Å². The molecule has 0 aliphatic heterocycles. The summed E-state index contributed by atoms with van der Waals surface area (Å²) in [4.78, 5) is 10.1. The van der Waals surface area contributed by atoms with E-state index in [1.165, 1.54) is 0 Å². The minimum Gasteiger partial charge on any atom is -0.479 e. The predicted octanol–water partition coefficient (Wildman–Crippen LogP) is -4.70. The molecule has 0 aromatic rings. The fraction of sp³-hybridized carbons (Fsp3) is 0.833. The minimum absolute atomic E-state index is 0. The molecule has 86 valence electrons. The zero-order chi connectivity index (χ0) is 10.6. The van der Waals surface area contributed by atoms with Gasteiger partial charge in [0.05, 0.1) is 6.61 Å². The number of hydrogen-bond donors (Lipinski definition) is 6. The number of hydrogen-bond acceptors (Lipinski definition) is 6. The van der Waals surface area contributed by atoms with Crippen LogP contribution in [-0.2, 0) is 4.79 Å². The topological polar surface area (TPSA) is 170 Å². The van der Waals surface area contributed by atoms with Crippen LogP contribution in [-0.4, -0.2) is 96.2 Å². The molecule has 0 aliphatic carbocycles. The van der Waals surface area contributed by atoms with Crippen molar-refractivity contribution >= 4 is 29.0 Å². The summed E-state index contributed by atoms with van der Waals surface area (Å²) in [7, 11) is 0. The molecular weight excluding hydrogens is 224 g/mol. The van der Waals surface area contributed by atoms with Gasteiger partial charge >= 0.3 is 29.0 Å². The fourth-order valence-corrected chi connectivity index (χ4v) is 0.668. The van der Waals surface area contributed by atoms with Crippen LogP contribution in [0, 0.1) is 0 Å². The van der Waals surface area contributed by atoms with Gasteiger partial charge in [-0.15, -0.1) is 0 Å². The van der Waals surface area contributed by atoms with Gasteiger partial charge in [-0.3, -0.25) is 0 Å². The molecule has 0 rings (SSSR count).